The first-order chi connectivity index (χ1) is 8.97. The van der Waals surface area contributed by atoms with Crippen molar-refractivity contribution in [3.63, 3.8) is 0 Å². The van der Waals surface area contributed by atoms with Crippen LogP contribution in [0.2, 0.25) is 0 Å². The van der Waals surface area contributed by atoms with Gasteiger partial charge in [0.2, 0.25) is 0 Å². The number of rotatable bonds is 3. The van der Waals surface area contributed by atoms with Crippen LogP contribution in [0.25, 0.3) is 0 Å². The molecule has 1 N–H and O–H groups in total. The predicted molar refractivity (Wildman–Crippen MR) is 74.8 cm³/mol. The van der Waals surface area contributed by atoms with E-state index in [0.717, 1.165) is 17.8 Å². The van der Waals surface area contributed by atoms with Crippen molar-refractivity contribution in [2.45, 2.75) is 71.4 Å². The van der Waals surface area contributed by atoms with E-state index in [4.69, 9.17) is 4.74 Å². The van der Waals surface area contributed by atoms with Crippen LogP contribution in [-0.2, 0) is 4.74 Å². The van der Waals surface area contributed by atoms with Crippen molar-refractivity contribution >= 4 is 6.09 Å². The Labute approximate surface area is 116 Å². The van der Waals surface area contributed by atoms with Crippen molar-refractivity contribution in [3.05, 3.63) is 0 Å². The van der Waals surface area contributed by atoms with Crippen LogP contribution in [-0.4, -0.2) is 18.2 Å². The molecule has 108 valence electrons. The van der Waals surface area contributed by atoms with Gasteiger partial charge in [-0.2, -0.15) is 0 Å². The summed E-state index contributed by atoms with van der Waals surface area (Å²) in [5, 5.41) is 3.11. The van der Waals surface area contributed by atoms with Crippen molar-refractivity contribution in [2.24, 2.45) is 23.2 Å². The van der Waals surface area contributed by atoms with Gasteiger partial charge >= 0.3 is 6.09 Å². The smallest absolute Gasteiger partial charge is 0.407 e. The van der Waals surface area contributed by atoms with Crippen LogP contribution in [0.3, 0.4) is 0 Å². The highest BCUT2D eigenvalue weighted by Crippen LogP contribution is 2.61. The zero-order chi connectivity index (χ0) is 13.6. The molecule has 4 fully saturated rings. The number of hydrogen-bond acceptors (Lipinski definition) is 2. The fourth-order valence-electron chi connectivity index (χ4n) is 5.29. The molecule has 3 nitrogen and oxygen atoms in total. The third kappa shape index (κ3) is 2.48. The molecule has 3 heteroatoms. The van der Waals surface area contributed by atoms with Gasteiger partial charge in [0, 0.05) is 6.04 Å². The maximum Gasteiger partial charge on any atom is 0.407 e. The molecule has 0 heterocycles. The first-order valence-electron chi connectivity index (χ1n) is 7.94. The zero-order valence-corrected chi connectivity index (χ0v) is 12.4. The van der Waals surface area contributed by atoms with E-state index in [9.17, 15) is 4.79 Å². The Morgan fingerprint density at radius 3 is 1.95 bits per heavy atom. The number of nitrogens with one attached hydrogen (secondary N) is 1. The molecule has 0 aromatic rings. The minimum absolute atomic E-state index is 0.0384. The first-order valence-corrected chi connectivity index (χ1v) is 7.94. The second-order valence-corrected chi connectivity index (χ2v) is 7.60. The van der Waals surface area contributed by atoms with Gasteiger partial charge in [0.25, 0.3) is 0 Å². The molecule has 4 aliphatic rings. The van der Waals surface area contributed by atoms with Crippen LogP contribution in [0.1, 0.15) is 59.3 Å². The molecule has 19 heavy (non-hydrogen) atoms. The van der Waals surface area contributed by atoms with E-state index in [1.807, 2.05) is 13.8 Å². The zero-order valence-electron chi connectivity index (χ0n) is 12.4. The Morgan fingerprint density at radius 2 is 1.53 bits per heavy atom. The minimum atomic E-state index is -0.238. The molecule has 0 aliphatic heterocycles. The van der Waals surface area contributed by atoms with Crippen LogP contribution in [0.5, 0.6) is 0 Å². The molecule has 4 rings (SSSR count). The molecule has 1 unspecified atom stereocenters. The van der Waals surface area contributed by atoms with E-state index >= 15 is 0 Å². The maximum absolute atomic E-state index is 11.8. The van der Waals surface area contributed by atoms with Gasteiger partial charge in [-0.15, -0.1) is 0 Å². The molecule has 1 amide bonds. The lowest BCUT2D eigenvalue weighted by Crippen LogP contribution is -2.56. The molecular weight excluding hydrogens is 238 g/mol. The lowest BCUT2D eigenvalue weighted by atomic mass is 9.48. The summed E-state index contributed by atoms with van der Waals surface area (Å²) >= 11 is 0. The van der Waals surface area contributed by atoms with Gasteiger partial charge in [-0.3, -0.25) is 0 Å². The van der Waals surface area contributed by atoms with Gasteiger partial charge in [-0.05, 0) is 82.5 Å². The number of carbonyl (C=O) groups excluding carboxylic acids is 1. The number of ether oxygens (including phenoxy) is 1. The molecule has 4 saturated carbocycles. The number of alkyl carbamates (subject to hydrolysis) is 1. The van der Waals surface area contributed by atoms with Crippen molar-refractivity contribution in [3.8, 4) is 0 Å². The van der Waals surface area contributed by atoms with Gasteiger partial charge in [-0.1, -0.05) is 0 Å². The summed E-state index contributed by atoms with van der Waals surface area (Å²) in [6.07, 6.45) is 8.03. The van der Waals surface area contributed by atoms with Crippen LogP contribution in [0.4, 0.5) is 4.79 Å². The van der Waals surface area contributed by atoms with E-state index in [1.165, 1.54) is 38.5 Å². The number of hydrogen-bond donors (Lipinski definition) is 1. The van der Waals surface area contributed by atoms with Crippen LogP contribution in [0, 0.1) is 23.2 Å². The largest absolute Gasteiger partial charge is 0.447 e. The van der Waals surface area contributed by atoms with Gasteiger partial charge < -0.3 is 10.1 Å². The fourth-order valence-corrected chi connectivity index (χ4v) is 5.29. The van der Waals surface area contributed by atoms with Gasteiger partial charge in [0.1, 0.15) is 0 Å². The second kappa shape index (κ2) is 4.68. The summed E-state index contributed by atoms with van der Waals surface area (Å²) < 4.78 is 5.23. The molecule has 0 aromatic heterocycles. The fraction of sp³-hybridized carbons (Fsp3) is 0.938. The van der Waals surface area contributed by atoms with E-state index in [1.54, 1.807) is 0 Å². The quantitative estimate of drug-likeness (QED) is 0.844. The summed E-state index contributed by atoms with van der Waals surface area (Å²) in [4.78, 5) is 11.8. The Kier molecular flexibility index (Phi) is 3.26. The van der Waals surface area contributed by atoms with E-state index in [-0.39, 0.29) is 18.2 Å². The average Bonchev–Trinajstić information content (AvgIpc) is 2.25. The third-order valence-corrected chi connectivity index (χ3v) is 5.68. The highest BCUT2D eigenvalue weighted by Gasteiger charge is 2.53. The molecule has 0 radical (unpaired) electrons. The molecule has 0 aromatic carbocycles. The molecule has 1 atom stereocenters. The van der Waals surface area contributed by atoms with E-state index in [0.29, 0.717) is 5.41 Å². The number of carbonyl (C=O) groups is 1. The maximum atomic E-state index is 11.8. The minimum Gasteiger partial charge on any atom is -0.447 e. The number of amides is 1. The Balaban J connectivity index is 1.66. The van der Waals surface area contributed by atoms with Gasteiger partial charge in [0.15, 0.2) is 0 Å². The summed E-state index contributed by atoms with van der Waals surface area (Å²) in [6.45, 7) is 5.98. The standard InChI is InChI=1S/C16H27NO2/c1-10(2)19-15(18)17-11(3)16-7-12-4-13(8-16)6-14(5-12)9-16/h10-14H,4-9H2,1-3H3,(H,17,18). The topological polar surface area (TPSA) is 38.3 Å². The SMILES string of the molecule is CC(C)OC(=O)NC(C)C12CC3CC(CC(C3)C1)C2. The Bertz CT molecular complexity index is 328. The molecule has 4 aliphatic carbocycles. The van der Waals surface area contributed by atoms with Crippen molar-refractivity contribution in [1.29, 1.82) is 0 Å². The van der Waals surface area contributed by atoms with Crippen LogP contribution >= 0.6 is 0 Å². The highest BCUT2D eigenvalue weighted by atomic mass is 16.6. The van der Waals surface area contributed by atoms with Crippen LogP contribution in [0.15, 0.2) is 0 Å². The highest BCUT2D eigenvalue weighted by molar-refractivity contribution is 5.67. The monoisotopic (exact) mass is 265 g/mol. The predicted octanol–water partition coefficient (Wildman–Crippen LogP) is 3.73. The van der Waals surface area contributed by atoms with Crippen molar-refractivity contribution in [1.82, 2.24) is 5.32 Å². The molecule has 4 bridgehead atoms. The van der Waals surface area contributed by atoms with Gasteiger partial charge in [0.05, 0.1) is 6.10 Å². The lowest BCUT2D eigenvalue weighted by molar-refractivity contribution is -0.0700. The Hall–Kier alpha value is -0.730. The first kappa shape index (κ1) is 13.3. The third-order valence-electron chi connectivity index (χ3n) is 5.68. The Morgan fingerprint density at radius 1 is 1.05 bits per heavy atom. The average molecular weight is 265 g/mol. The summed E-state index contributed by atoms with van der Waals surface area (Å²) in [5.74, 6) is 2.78. The second-order valence-electron chi connectivity index (χ2n) is 7.60. The molecular formula is C16H27NO2. The normalized spacial score (nSPS) is 41.4. The van der Waals surface area contributed by atoms with Crippen molar-refractivity contribution in [2.75, 3.05) is 0 Å². The summed E-state index contributed by atoms with van der Waals surface area (Å²) in [6, 6.07) is 0.257. The van der Waals surface area contributed by atoms with E-state index < -0.39 is 0 Å². The lowest BCUT2D eigenvalue weighted by Gasteiger charge is -2.59. The molecule has 0 spiro atoms. The van der Waals surface area contributed by atoms with Crippen LogP contribution < -0.4 is 5.32 Å². The van der Waals surface area contributed by atoms with Crippen molar-refractivity contribution < 1.29 is 9.53 Å². The van der Waals surface area contributed by atoms with Gasteiger partial charge in [-0.25, -0.2) is 4.79 Å². The summed E-state index contributed by atoms with van der Waals surface area (Å²) in [5.41, 5.74) is 0.366. The summed E-state index contributed by atoms with van der Waals surface area (Å²) in [7, 11) is 0. The molecule has 0 saturated heterocycles. The van der Waals surface area contributed by atoms with E-state index in [2.05, 4.69) is 12.2 Å².